The summed E-state index contributed by atoms with van der Waals surface area (Å²) in [6.07, 6.45) is 0.834. The number of esters is 1. The molecule has 0 amide bonds. The average Bonchev–Trinajstić information content (AvgIpc) is 2.83. The minimum atomic E-state index is -0.671. The Morgan fingerprint density at radius 1 is 1.14 bits per heavy atom. The summed E-state index contributed by atoms with van der Waals surface area (Å²) >= 11 is 6.44. The van der Waals surface area contributed by atoms with Gasteiger partial charge in [0.05, 0.1) is 19.3 Å². The molecule has 2 atom stereocenters. The number of rotatable bonds is 7. The first-order valence-electron chi connectivity index (χ1n) is 11.4. The van der Waals surface area contributed by atoms with Gasteiger partial charge < -0.3 is 24.6 Å². The van der Waals surface area contributed by atoms with Crippen molar-refractivity contribution in [2.24, 2.45) is 0 Å². The second kappa shape index (κ2) is 10.5. The van der Waals surface area contributed by atoms with Crippen LogP contribution in [0.5, 0.6) is 11.5 Å². The van der Waals surface area contributed by atoms with Gasteiger partial charge in [0, 0.05) is 41.4 Å². The number of ether oxygens (including phenoxy) is 3. The van der Waals surface area contributed by atoms with Crippen molar-refractivity contribution in [3.63, 3.8) is 0 Å². The number of ketones is 1. The normalized spacial score (nSPS) is 19.8. The lowest BCUT2D eigenvalue weighted by atomic mass is 9.71. The number of phenolic OH excluding ortho intramolecular Hbond substituents is 1. The maximum Gasteiger partial charge on any atom is 0.336 e. The largest absolute Gasteiger partial charge is 0.504 e. The van der Waals surface area contributed by atoms with Gasteiger partial charge in [-0.05, 0) is 48.6 Å². The van der Waals surface area contributed by atoms with Gasteiger partial charge in [-0.25, -0.2) is 4.79 Å². The highest BCUT2D eigenvalue weighted by Crippen LogP contribution is 2.47. The molecule has 0 bridgehead atoms. The molecule has 0 saturated heterocycles. The lowest BCUT2D eigenvalue weighted by Crippen LogP contribution is -2.36. The summed E-state index contributed by atoms with van der Waals surface area (Å²) in [5.41, 5.74) is 3.80. The van der Waals surface area contributed by atoms with Crippen LogP contribution in [0.4, 0.5) is 0 Å². The molecule has 2 aromatic carbocycles. The van der Waals surface area contributed by atoms with Crippen LogP contribution in [0, 0.1) is 0 Å². The zero-order valence-corrected chi connectivity index (χ0v) is 20.6. The van der Waals surface area contributed by atoms with Crippen molar-refractivity contribution in [3.05, 3.63) is 81.2 Å². The zero-order chi connectivity index (χ0) is 25.1. The quantitative estimate of drug-likeness (QED) is 0.426. The number of Topliss-reactive ketones (excluding diaryl/α,β-unsaturated/α-hetero) is 1. The van der Waals surface area contributed by atoms with Crippen LogP contribution in [0.25, 0.3) is 0 Å². The SMILES string of the molecule is COCCOC(=O)C1=C(C)NC2=C(C(=O)CC(c3ccccc3Cl)C2)C1c1ccc(O)c(OC)c1. The third-order valence-corrected chi connectivity index (χ3v) is 6.79. The van der Waals surface area contributed by atoms with Gasteiger partial charge >= 0.3 is 5.97 Å². The number of dihydropyridines is 1. The highest BCUT2D eigenvalue weighted by Gasteiger charge is 2.42. The van der Waals surface area contributed by atoms with Gasteiger partial charge in [0.25, 0.3) is 0 Å². The van der Waals surface area contributed by atoms with Crippen molar-refractivity contribution in [2.45, 2.75) is 31.6 Å². The summed E-state index contributed by atoms with van der Waals surface area (Å²) in [4.78, 5) is 26.8. The molecule has 8 heteroatoms. The van der Waals surface area contributed by atoms with Crippen LogP contribution in [0.15, 0.2) is 65.0 Å². The fraction of sp³-hybridized carbons (Fsp3) is 0.333. The van der Waals surface area contributed by atoms with E-state index in [1.54, 1.807) is 19.1 Å². The van der Waals surface area contributed by atoms with E-state index >= 15 is 0 Å². The molecule has 1 aliphatic carbocycles. The minimum Gasteiger partial charge on any atom is -0.504 e. The van der Waals surface area contributed by atoms with Crippen molar-refractivity contribution in [3.8, 4) is 11.5 Å². The van der Waals surface area contributed by atoms with E-state index in [9.17, 15) is 14.7 Å². The lowest BCUT2D eigenvalue weighted by Gasteiger charge is -2.37. The topological polar surface area (TPSA) is 94.1 Å². The second-order valence-corrected chi connectivity index (χ2v) is 9.01. The van der Waals surface area contributed by atoms with E-state index in [1.165, 1.54) is 20.3 Å². The first-order chi connectivity index (χ1) is 16.8. The Morgan fingerprint density at radius 2 is 1.91 bits per heavy atom. The number of methoxy groups -OCH3 is 2. The van der Waals surface area contributed by atoms with Crippen LogP contribution in [-0.4, -0.2) is 44.3 Å². The number of hydrogen-bond donors (Lipinski definition) is 2. The average molecular weight is 498 g/mol. The highest BCUT2D eigenvalue weighted by atomic mass is 35.5. The summed E-state index contributed by atoms with van der Waals surface area (Å²) in [6, 6.07) is 12.4. The zero-order valence-electron chi connectivity index (χ0n) is 19.9. The Morgan fingerprint density at radius 3 is 2.63 bits per heavy atom. The van der Waals surface area contributed by atoms with Crippen LogP contribution in [0.3, 0.4) is 0 Å². The Kier molecular flexibility index (Phi) is 7.48. The van der Waals surface area contributed by atoms with Gasteiger partial charge in [-0.15, -0.1) is 0 Å². The standard InChI is InChI=1S/C27H28ClNO6/c1-15-24(27(32)35-11-10-33-2)25(16-8-9-21(30)23(14-16)34-3)26-20(29-15)12-17(13-22(26)31)18-6-4-5-7-19(18)28/h4-9,14,17,25,29-30H,10-13H2,1-3H3. The third kappa shape index (κ3) is 4.92. The van der Waals surface area contributed by atoms with E-state index in [2.05, 4.69) is 5.32 Å². The molecule has 2 unspecified atom stereocenters. The van der Waals surface area contributed by atoms with Crippen LogP contribution in [0.1, 0.15) is 42.7 Å². The molecule has 0 radical (unpaired) electrons. The van der Waals surface area contributed by atoms with Crippen molar-refractivity contribution in [2.75, 3.05) is 27.4 Å². The Hall–Kier alpha value is -3.29. The molecule has 184 valence electrons. The number of nitrogens with one attached hydrogen (secondary N) is 1. The minimum absolute atomic E-state index is 0.0296. The number of carbonyl (C=O) groups is 2. The first-order valence-corrected chi connectivity index (χ1v) is 11.7. The predicted octanol–water partition coefficient (Wildman–Crippen LogP) is 4.61. The van der Waals surface area contributed by atoms with Gasteiger partial charge in [-0.2, -0.15) is 0 Å². The first kappa shape index (κ1) is 24.8. The van der Waals surface area contributed by atoms with E-state index in [0.29, 0.717) is 33.9 Å². The molecular formula is C27H28ClNO6. The number of phenols is 1. The number of carbonyl (C=O) groups excluding carboxylic acids is 2. The molecular weight excluding hydrogens is 470 g/mol. The molecule has 0 saturated carbocycles. The highest BCUT2D eigenvalue weighted by molar-refractivity contribution is 6.31. The Bertz CT molecular complexity index is 1220. The number of allylic oxidation sites excluding steroid dienone is 3. The lowest BCUT2D eigenvalue weighted by molar-refractivity contribution is -0.140. The smallest absolute Gasteiger partial charge is 0.336 e. The summed E-state index contributed by atoms with van der Waals surface area (Å²) < 4.78 is 15.8. The molecule has 35 heavy (non-hydrogen) atoms. The third-order valence-electron chi connectivity index (χ3n) is 6.45. The summed E-state index contributed by atoms with van der Waals surface area (Å²) in [5, 5.41) is 14.1. The maximum atomic E-state index is 13.6. The molecule has 2 aromatic rings. The van der Waals surface area contributed by atoms with E-state index in [4.69, 9.17) is 25.8 Å². The van der Waals surface area contributed by atoms with Gasteiger partial charge in [0.2, 0.25) is 0 Å². The molecule has 0 fully saturated rings. The van der Waals surface area contributed by atoms with Gasteiger partial charge in [0.15, 0.2) is 17.3 Å². The van der Waals surface area contributed by atoms with Crippen molar-refractivity contribution < 1.29 is 28.9 Å². The molecule has 2 aliphatic rings. The van der Waals surface area contributed by atoms with Crippen LogP contribution < -0.4 is 10.1 Å². The van der Waals surface area contributed by atoms with Crippen LogP contribution in [-0.2, 0) is 19.1 Å². The molecule has 0 aromatic heterocycles. The molecule has 2 N–H and O–H groups in total. The van der Waals surface area contributed by atoms with Crippen molar-refractivity contribution >= 4 is 23.4 Å². The maximum absolute atomic E-state index is 13.6. The van der Waals surface area contributed by atoms with Crippen LogP contribution in [0.2, 0.25) is 5.02 Å². The number of aromatic hydroxyl groups is 1. The number of hydrogen-bond acceptors (Lipinski definition) is 7. The summed E-state index contributed by atoms with van der Waals surface area (Å²) in [6.45, 7) is 2.15. The molecule has 7 nitrogen and oxygen atoms in total. The number of halogens is 1. The molecule has 4 rings (SSSR count). The van der Waals surface area contributed by atoms with Gasteiger partial charge in [-0.3, -0.25) is 4.79 Å². The Balaban J connectivity index is 1.79. The fourth-order valence-electron chi connectivity index (χ4n) is 4.84. The second-order valence-electron chi connectivity index (χ2n) is 8.60. The number of benzene rings is 2. The summed E-state index contributed by atoms with van der Waals surface area (Å²) in [5.74, 6) is -1.13. The van der Waals surface area contributed by atoms with Crippen LogP contribution >= 0.6 is 11.6 Å². The van der Waals surface area contributed by atoms with E-state index in [0.717, 1.165) is 11.3 Å². The monoisotopic (exact) mass is 497 g/mol. The van der Waals surface area contributed by atoms with Gasteiger partial charge in [-0.1, -0.05) is 35.9 Å². The van der Waals surface area contributed by atoms with Crippen molar-refractivity contribution in [1.29, 1.82) is 0 Å². The fourth-order valence-corrected chi connectivity index (χ4v) is 5.13. The van der Waals surface area contributed by atoms with E-state index in [-0.39, 0.29) is 42.8 Å². The predicted molar refractivity (Wildman–Crippen MR) is 132 cm³/mol. The summed E-state index contributed by atoms with van der Waals surface area (Å²) in [7, 11) is 2.98. The van der Waals surface area contributed by atoms with Gasteiger partial charge in [0.1, 0.15) is 6.61 Å². The van der Waals surface area contributed by atoms with E-state index < -0.39 is 11.9 Å². The molecule has 1 heterocycles. The Labute approximate surface area is 209 Å². The molecule has 0 spiro atoms. The molecule has 1 aliphatic heterocycles. The van der Waals surface area contributed by atoms with E-state index in [1.807, 2.05) is 24.3 Å². The van der Waals surface area contributed by atoms with Crippen molar-refractivity contribution in [1.82, 2.24) is 5.32 Å².